The van der Waals surface area contributed by atoms with E-state index in [0.29, 0.717) is 51.6 Å². The van der Waals surface area contributed by atoms with Gasteiger partial charge in [-0.05, 0) is 69.1 Å². The highest BCUT2D eigenvalue weighted by Crippen LogP contribution is 2.43. The lowest BCUT2D eigenvalue weighted by Crippen LogP contribution is -2.68. The Morgan fingerprint density at radius 3 is 2.28 bits per heavy atom. The first-order valence-electron chi connectivity index (χ1n) is 18.0. The van der Waals surface area contributed by atoms with E-state index in [1.807, 2.05) is 27.7 Å². The van der Waals surface area contributed by atoms with Gasteiger partial charge in [-0.15, -0.1) is 0 Å². The maximum atomic E-state index is 14.5. The third kappa shape index (κ3) is 8.56. The van der Waals surface area contributed by atoms with Crippen molar-refractivity contribution in [2.45, 2.75) is 153 Å². The van der Waals surface area contributed by atoms with Crippen LogP contribution < -0.4 is 21.3 Å². The van der Waals surface area contributed by atoms with Gasteiger partial charge in [-0.3, -0.25) is 29.8 Å². The minimum Gasteiger partial charge on any atom is -0.365 e. The fourth-order valence-corrected chi connectivity index (χ4v) is 11.1. The van der Waals surface area contributed by atoms with Gasteiger partial charge in [0, 0.05) is 18.6 Å². The van der Waals surface area contributed by atoms with E-state index in [9.17, 15) is 32.7 Å². The predicted molar refractivity (Wildman–Crippen MR) is 180 cm³/mol. The van der Waals surface area contributed by atoms with Gasteiger partial charge in [0.15, 0.2) is 16.2 Å². The predicted octanol–water partition coefficient (Wildman–Crippen LogP) is 2.14. The largest absolute Gasteiger partial charge is 0.365 e. The Morgan fingerprint density at radius 1 is 0.957 bits per heavy atom. The number of rotatable bonds is 13. The maximum absolute atomic E-state index is 14.5. The molecule has 4 fully saturated rings. The summed E-state index contributed by atoms with van der Waals surface area (Å²) in [6, 6.07) is -2.68. The van der Waals surface area contributed by atoms with E-state index in [1.54, 1.807) is 11.8 Å². The molecule has 0 aromatic carbocycles. The molecule has 2 heterocycles. The van der Waals surface area contributed by atoms with Gasteiger partial charge in [-0.25, -0.2) is 8.42 Å². The molecular weight excluding hydrogens is 622 g/mol. The monoisotopic (exact) mass is 681 g/mol. The minimum atomic E-state index is -3.34. The molecule has 13 heteroatoms. The van der Waals surface area contributed by atoms with Crippen LogP contribution in [0.1, 0.15) is 118 Å². The molecule has 2 aliphatic carbocycles. The number of Topliss-reactive ketones (excluding diaryl/α,β-unsaturated/α-hetero) is 1. The third-order valence-electron chi connectivity index (χ3n) is 11.0. The van der Waals surface area contributed by atoms with Gasteiger partial charge >= 0.3 is 0 Å². The number of likely N-dealkylation sites (tertiary alicyclic amines) is 1. The first kappa shape index (κ1) is 37.7. The Balaban J connectivity index is 1.56. The Labute approximate surface area is 281 Å². The highest BCUT2D eigenvalue weighted by atomic mass is 32.2. The average molecular weight is 682 g/mol. The van der Waals surface area contributed by atoms with Crippen LogP contribution in [-0.4, -0.2) is 96.0 Å². The van der Waals surface area contributed by atoms with Gasteiger partial charge in [-0.2, -0.15) is 0 Å². The van der Waals surface area contributed by atoms with Crippen molar-refractivity contribution in [1.82, 2.24) is 26.2 Å². The van der Waals surface area contributed by atoms with E-state index in [-0.39, 0.29) is 23.5 Å². The van der Waals surface area contributed by atoms with E-state index in [1.165, 1.54) is 0 Å². The second-order valence-electron chi connectivity index (χ2n) is 15.4. The zero-order chi connectivity index (χ0) is 34.6. The maximum Gasteiger partial charge on any atom is 0.289 e. The molecule has 0 spiro atoms. The molecule has 7 atom stereocenters. The summed E-state index contributed by atoms with van der Waals surface area (Å²) in [4.78, 5) is 55.4. The lowest BCUT2D eigenvalue weighted by atomic mass is 9.77. The molecule has 0 bridgehead atoms. The summed E-state index contributed by atoms with van der Waals surface area (Å²) < 4.78 is 26.5. The molecule has 2 aliphatic heterocycles. The summed E-state index contributed by atoms with van der Waals surface area (Å²) in [6.45, 7) is 9.98. The SMILES string of the molecule is CCC[C@H](NC(=O)[C@@H]1[C@H]2CCC[C@H]2CN1C(=O)[C@@H](NC(O)NC1([C@@H]2CCCCS2(=O)=O)CCCCC1)C(C)(C)C)C(=O)C(=O)NCC. The Bertz CT molecular complexity index is 1250. The van der Waals surface area contributed by atoms with Gasteiger partial charge in [0.05, 0.1) is 23.1 Å². The van der Waals surface area contributed by atoms with Crippen molar-refractivity contribution < 1.29 is 32.7 Å². The summed E-state index contributed by atoms with van der Waals surface area (Å²) in [5.74, 6) is -1.95. The number of carbonyl (C=O) groups is 4. The van der Waals surface area contributed by atoms with Gasteiger partial charge < -0.3 is 20.6 Å². The Morgan fingerprint density at radius 2 is 1.66 bits per heavy atom. The molecule has 2 saturated heterocycles. The van der Waals surface area contributed by atoms with Crippen LogP contribution in [0.15, 0.2) is 0 Å². The summed E-state index contributed by atoms with van der Waals surface area (Å²) in [7, 11) is -3.34. The average Bonchev–Trinajstić information content (AvgIpc) is 3.60. The molecule has 0 aromatic heterocycles. The smallest absolute Gasteiger partial charge is 0.289 e. The van der Waals surface area contributed by atoms with Crippen molar-refractivity contribution in [2.75, 3.05) is 18.8 Å². The number of aliphatic hydroxyl groups is 1. The Kier molecular flexibility index (Phi) is 12.5. The van der Waals surface area contributed by atoms with Crippen LogP contribution in [0.5, 0.6) is 0 Å². The van der Waals surface area contributed by atoms with E-state index >= 15 is 0 Å². The summed E-state index contributed by atoms with van der Waals surface area (Å²) in [5, 5.41) is 22.7. The number of likely N-dealkylation sites (N-methyl/N-ethyl adjacent to an activating group) is 1. The molecule has 4 aliphatic rings. The quantitative estimate of drug-likeness (QED) is 0.144. The summed E-state index contributed by atoms with van der Waals surface area (Å²) in [6.07, 6.45) is 8.21. The van der Waals surface area contributed by atoms with Gasteiger partial charge in [0.1, 0.15) is 6.04 Å². The molecule has 4 rings (SSSR count). The molecule has 5 N–H and O–H groups in total. The van der Waals surface area contributed by atoms with Crippen LogP contribution in [0.2, 0.25) is 0 Å². The number of nitrogens with one attached hydrogen (secondary N) is 4. The molecule has 1 unspecified atom stereocenters. The Hall–Kier alpha value is -2.09. The van der Waals surface area contributed by atoms with Gasteiger partial charge in [-0.1, -0.05) is 66.2 Å². The number of nitrogens with zero attached hydrogens (tertiary/aromatic N) is 1. The number of hydrogen-bond acceptors (Lipinski definition) is 9. The molecule has 0 aromatic rings. The molecule has 268 valence electrons. The van der Waals surface area contributed by atoms with Crippen molar-refractivity contribution in [3.63, 3.8) is 0 Å². The number of hydrogen-bond donors (Lipinski definition) is 5. The summed E-state index contributed by atoms with van der Waals surface area (Å²) in [5.41, 5.74) is -1.46. The molecule has 0 radical (unpaired) electrons. The van der Waals surface area contributed by atoms with Crippen molar-refractivity contribution >= 4 is 33.3 Å². The molecular formula is C34H59N5O7S. The first-order chi connectivity index (χ1) is 22.1. The van der Waals surface area contributed by atoms with E-state index in [0.717, 1.165) is 44.9 Å². The highest BCUT2D eigenvalue weighted by Gasteiger charge is 2.53. The van der Waals surface area contributed by atoms with Crippen LogP contribution >= 0.6 is 0 Å². The van der Waals surface area contributed by atoms with Crippen LogP contribution in [0.25, 0.3) is 0 Å². The molecule has 2 saturated carbocycles. The molecule has 47 heavy (non-hydrogen) atoms. The normalized spacial score (nSPS) is 28.9. The van der Waals surface area contributed by atoms with E-state index in [2.05, 4.69) is 21.3 Å². The number of amides is 3. The highest BCUT2D eigenvalue weighted by molar-refractivity contribution is 7.92. The number of sulfone groups is 1. The van der Waals surface area contributed by atoms with Crippen molar-refractivity contribution in [3.05, 3.63) is 0 Å². The number of carbonyl (C=O) groups excluding carboxylic acids is 4. The third-order valence-corrected chi connectivity index (χ3v) is 13.4. The van der Waals surface area contributed by atoms with Crippen LogP contribution in [0, 0.1) is 17.3 Å². The van der Waals surface area contributed by atoms with Crippen LogP contribution in [-0.2, 0) is 29.0 Å². The van der Waals surface area contributed by atoms with Crippen LogP contribution in [0.4, 0.5) is 0 Å². The zero-order valence-corrected chi connectivity index (χ0v) is 29.9. The van der Waals surface area contributed by atoms with Crippen LogP contribution in [0.3, 0.4) is 0 Å². The number of fused-ring (bicyclic) bond motifs is 1. The van der Waals surface area contributed by atoms with E-state index < -0.39 is 68.1 Å². The summed E-state index contributed by atoms with van der Waals surface area (Å²) >= 11 is 0. The topological polar surface area (TPSA) is 174 Å². The van der Waals surface area contributed by atoms with Crippen molar-refractivity contribution in [2.24, 2.45) is 17.3 Å². The fraction of sp³-hybridized carbons (Fsp3) is 0.882. The fourth-order valence-electron chi connectivity index (χ4n) is 8.73. The van der Waals surface area contributed by atoms with Crippen molar-refractivity contribution in [3.8, 4) is 0 Å². The second-order valence-corrected chi connectivity index (χ2v) is 17.7. The van der Waals surface area contributed by atoms with Crippen molar-refractivity contribution in [1.29, 1.82) is 0 Å². The lowest BCUT2D eigenvalue weighted by Gasteiger charge is -2.47. The minimum absolute atomic E-state index is 0.0634. The number of aliphatic hydroxyl groups excluding tert-OH is 1. The standard InChI is InChI=1S/C34H59N5O7S/c1-6-14-24(27(40)30(42)35-7-2)36-29(41)26-23-16-13-15-22(23)21-39(26)31(43)28(33(3,4)5)37-32(44)38-34(18-10-8-11-19-34)25-17-9-12-20-47(25,45)46/h22-26,28,32,37-38,44H,6-21H2,1-5H3,(H,35,42)(H,36,41)/t22-,23-,24-,25-,26-,28+,32?/m0/s1. The lowest BCUT2D eigenvalue weighted by molar-refractivity contribution is -0.146. The van der Waals surface area contributed by atoms with Gasteiger partial charge in [0.25, 0.3) is 5.91 Å². The zero-order valence-electron chi connectivity index (χ0n) is 29.1. The van der Waals surface area contributed by atoms with E-state index in [4.69, 9.17) is 0 Å². The molecule has 12 nitrogen and oxygen atoms in total. The first-order valence-corrected chi connectivity index (χ1v) is 19.7. The second kappa shape index (κ2) is 15.6. The number of ketones is 1. The molecule has 3 amide bonds. The van der Waals surface area contributed by atoms with Gasteiger partial charge in [0.2, 0.25) is 17.6 Å².